The molecule has 2 heterocycles. The van der Waals surface area contributed by atoms with Crippen LogP contribution in [0.25, 0.3) is 10.9 Å². The standard InChI is InChI=1S/C15H20N2/c1-4-10-6-5-7-11-12-8-16-9-15(2,3)14(12)17-13(10)11/h5-7,16-17H,4,8-9H2,1-3H3. The van der Waals surface area contributed by atoms with Gasteiger partial charge < -0.3 is 10.3 Å². The Morgan fingerprint density at radius 2 is 2.12 bits per heavy atom. The number of aromatic nitrogens is 1. The summed E-state index contributed by atoms with van der Waals surface area (Å²) in [6.07, 6.45) is 1.09. The zero-order valence-corrected chi connectivity index (χ0v) is 10.9. The van der Waals surface area contributed by atoms with Crippen molar-refractivity contribution in [3.8, 4) is 0 Å². The summed E-state index contributed by atoms with van der Waals surface area (Å²) >= 11 is 0. The Morgan fingerprint density at radius 3 is 2.88 bits per heavy atom. The molecule has 1 aromatic carbocycles. The highest BCUT2D eigenvalue weighted by Crippen LogP contribution is 2.35. The summed E-state index contributed by atoms with van der Waals surface area (Å²) < 4.78 is 0. The third kappa shape index (κ3) is 1.51. The van der Waals surface area contributed by atoms with E-state index in [-0.39, 0.29) is 5.41 Å². The van der Waals surface area contributed by atoms with Crippen LogP contribution in [-0.2, 0) is 18.4 Å². The molecule has 1 aliphatic heterocycles. The minimum atomic E-state index is 0.206. The van der Waals surface area contributed by atoms with Gasteiger partial charge in [0.15, 0.2) is 0 Å². The predicted molar refractivity (Wildman–Crippen MR) is 72.4 cm³/mol. The summed E-state index contributed by atoms with van der Waals surface area (Å²) in [5.41, 5.74) is 5.86. The monoisotopic (exact) mass is 228 g/mol. The minimum Gasteiger partial charge on any atom is -0.357 e. The second-order valence-corrected chi connectivity index (χ2v) is 5.66. The van der Waals surface area contributed by atoms with Gasteiger partial charge in [0.25, 0.3) is 0 Å². The highest BCUT2D eigenvalue weighted by atomic mass is 14.9. The van der Waals surface area contributed by atoms with Gasteiger partial charge in [-0.25, -0.2) is 0 Å². The number of para-hydroxylation sites is 1. The Bertz CT molecular complexity index is 564. The van der Waals surface area contributed by atoms with Gasteiger partial charge in [-0.15, -0.1) is 0 Å². The lowest BCUT2D eigenvalue weighted by Gasteiger charge is -2.30. The Balaban J connectivity index is 2.33. The Morgan fingerprint density at radius 1 is 1.29 bits per heavy atom. The second kappa shape index (κ2) is 3.61. The number of fused-ring (bicyclic) bond motifs is 3. The zero-order valence-electron chi connectivity index (χ0n) is 10.9. The maximum absolute atomic E-state index is 3.69. The van der Waals surface area contributed by atoms with E-state index in [1.165, 1.54) is 27.7 Å². The molecule has 0 spiro atoms. The van der Waals surface area contributed by atoms with E-state index in [1.54, 1.807) is 0 Å². The van der Waals surface area contributed by atoms with Crippen LogP contribution in [0.2, 0.25) is 0 Å². The van der Waals surface area contributed by atoms with Crippen LogP contribution in [0.3, 0.4) is 0 Å². The molecule has 2 nitrogen and oxygen atoms in total. The molecule has 0 radical (unpaired) electrons. The van der Waals surface area contributed by atoms with Crippen molar-refractivity contribution in [3.63, 3.8) is 0 Å². The first-order valence-electron chi connectivity index (χ1n) is 6.47. The van der Waals surface area contributed by atoms with E-state index in [0.29, 0.717) is 0 Å². The van der Waals surface area contributed by atoms with E-state index in [1.807, 2.05) is 0 Å². The molecular weight excluding hydrogens is 208 g/mol. The van der Waals surface area contributed by atoms with E-state index in [2.05, 4.69) is 49.3 Å². The number of rotatable bonds is 1. The molecule has 3 rings (SSSR count). The number of nitrogens with one attached hydrogen (secondary N) is 2. The first-order valence-corrected chi connectivity index (χ1v) is 6.47. The predicted octanol–water partition coefficient (Wildman–Crippen LogP) is 3.11. The summed E-state index contributed by atoms with van der Waals surface area (Å²) in [5, 5.41) is 4.93. The fourth-order valence-electron chi connectivity index (χ4n) is 2.98. The normalized spacial score (nSPS) is 18.3. The molecule has 0 saturated heterocycles. The fourth-order valence-corrected chi connectivity index (χ4v) is 2.98. The molecular formula is C15H20N2. The molecule has 2 heteroatoms. The third-order valence-electron chi connectivity index (χ3n) is 3.95. The largest absolute Gasteiger partial charge is 0.357 e. The molecule has 2 aromatic rings. The van der Waals surface area contributed by atoms with Crippen LogP contribution in [-0.4, -0.2) is 11.5 Å². The number of benzene rings is 1. The molecule has 17 heavy (non-hydrogen) atoms. The molecule has 0 bridgehead atoms. The van der Waals surface area contributed by atoms with Crippen LogP contribution >= 0.6 is 0 Å². The number of H-pyrrole nitrogens is 1. The highest BCUT2D eigenvalue weighted by molar-refractivity contribution is 5.88. The average molecular weight is 228 g/mol. The van der Waals surface area contributed by atoms with Gasteiger partial charge in [-0.05, 0) is 17.5 Å². The molecule has 1 aromatic heterocycles. The summed E-state index contributed by atoms with van der Waals surface area (Å²) in [5.74, 6) is 0. The number of aryl methyl sites for hydroxylation is 1. The van der Waals surface area contributed by atoms with E-state index < -0.39 is 0 Å². The molecule has 90 valence electrons. The van der Waals surface area contributed by atoms with Gasteiger partial charge in [0.05, 0.1) is 0 Å². The van der Waals surface area contributed by atoms with Crippen LogP contribution in [0.4, 0.5) is 0 Å². The van der Waals surface area contributed by atoms with E-state index in [0.717, 1.165) is 19.5 Å². The molecule has 0 unspecified atom stereocenters. The molecule has 0 saturated carbocycles. The topological polar surface area (TPSA) is 27.8 Å². The Hall–Kier alpha value is -1.28. The fraction of sp³-hybridized carbons (Fsp3) is 0.467. The maximum Gasteiger partial charge on any atom is 0.0492 e. The SMILES string of the molecule is CCc1cccc2c3c([nH]c12)C(C)(C)CNC3. The molecule has 1 aliphatic rings. The van der Waals surface area contributed by atoms with Crippen LogP contribution in [0, 0.1) is 0 Å². The van der Waals surface area contributed by atoms with E-state index in [4.69, 9.17) is 0 Å². The third-order valence-corrected chi connectivity index (χ3v) is 3.95. The van der Waals surface area contributed by atoms with Crippen molar-refractivity contribution in [1.29, 1.82) is 0 Å². The lowest BCUT2D eigenvalue weighted by Crippen LogP contribution is -2.38. The molecule has 0 fully saturated rings. The lowest BCUT2D eigenvalue weighted by molar-refractivity contribution is 0.427. The molecule has 0 aliphatic carbocycles. The summed E-state index contributed by atoms with van der Waals surface area (Å²) in [7, 11) is 0. The first-order chi connectivity index (χ1) is 8.13. The molecule has 0 atom stereocenters. The van der Waals surface area contributed by atoms with Gasteiger partial charge in [-0.1, -0.05) is 39.0 Å². The Labute approximate surface area is 102 Å². The summed E-state index contributed by atoms with van der Waals surface area (Å²) in [4.78, 5) is 3.69. The van der Waals surface area contributed by atoms with Gasteiger partial charge >= 0.3 is 0 Å². The second-order valence-electron chi connectivity index (χ2n) is 5.66. The van der Waals surface area contributed by atoms with Crippen LogP contribution in [0.5, 0.6) is 0 Å². The smallest absolute Gasteiger partial charge is 0.0492 e. The Kier molecular flexibility index (Phi) is 2.30. The quantitative estimate of drug-likeness (QED) is 0.771. The zero-order chi connectivity index (χ0) is 12.0. The number of hydrogen-bond donors (Lipinski definition) is 2. The van der Waals surface area contributed by atoms with Crippen molar-refractivity contribution in [1.82, 2.24) is 10.3 Å². The number of aromatic amines is 1. The van der Waals surface area contributed by atoms with Gasteiger partial charge in [-0.2, -0.15) is 0 Å². The van der Waals surface area contributed by atoms with Crippen molar-refractivity contribution in [3.05, 3.63) is 35.0 Å². The van der Waals surface area contributed by atoms with Crippen LogP contribution < -0.4 is 5.32 Å². The van der Waals surface area contributed by atoms with Gasteiger partial charge in [0.1, 0.15) is 0 Å². The van der Waals surface area contributed by atoms with Gasteiger partial charge in [-0.3, -0.25) is 0 Å². The van der Waals surface area contributed by atoms with Crippen molar-refractivity contribution < 1.29 is 0 Å². The van der Waals surface area contributed by atoms with Crippen molar-refractivity contribution in [2.24, 2.45) is 0 Å². The molecule has 0 amide bonds. The van der Waals surface area contributed by atoms with Crippen LogP contribution in [0.15, 0.2) is 18.2 Å². The first kappa shape index (κ1) is 10.8. The summed E-state index contributed by atoms with van der Waals surface area (Å²) in [6, 6.07) is 6.65. The van der Waals surface area contributed by atoms with Crippen molar-refractivity contribution in [2.75, 3.05) is 6.54 Å². The highest BCUT2D eigenvalue weighted by Gasteiger charge is 2.30. The summed E-state index contributed by atoms with van der Waals surface area (Å²) in [6.45, 7) is 8.87. The van der Waals surface area contributed by atoms with Crippen molar-refractivity contribution in [2.45, 2.75) is 39.2 Å². The van der Waals surface area contributed by atoms with Crippen molar-refractivity contribution >= 4 is 10.9 Å². The van der Waals surface area contributed by atoms with E-state index in [9.17, 15) is 0 Å². The minimum absolute atomic E-state index is 0.206. The van der Waals surface area contributed by atoms with E-state index >= 15 is 0 Å². The van der Waals surface area contributed by atoms with Crippen LogP contribution in [0.1, 0.15) is 37.6 Å². The number of hydrogen-bond acceptors (Lipinski definition) is 1. The van der Waals surface area contributed by atoms with Gasteiger partial charge in [0, 0.05) is 35.1 Å². The maximum atomic E-state index is 3.69. The molecule has 2 N–H and O–H groups in total. The lowest BCUT2D eigenvalue weighted by atomic mass is 9.84. The average Bonchev–Trinajstić information content (AvgIpc) is 2.69. The van der Waals surface area contributed by atoms with Gasteiger partial charge in [0.2, 0.25) is 0 Å².